The quantitative estimate of drug-likeness (QED) is 0.841. The maximum Gasteiger partial charge on any atom is 0.322 e. The lowest BCUT2D eigenvalue weighted by molar-refractivity contribution is 0.217. The van der Waals surface area contributed by atoms with E-state index in [0.29, 0.717) is 24.5 Å². The number of hydrogen-bond acceptors (Lipinski definition) is 3. The molecule has 5 nitrogen and oxygen atoms in total. The summed E-state index contributed by atoms with van der Waals surface area (Å²) in [4.78, 5) is 17.3. The molecule has 0 bridgehead atoms. The number of hydrogen-bond donors (Lipinski definition) is 1. The number of aromatic nitrogens is 1. The molecule has 0 saturated heterocycles. The molecule has 0 aromatic carbocycles. The molecule has 5 heteroatoms. The van der Waals surface area contributed by atoms with Crippen molar-refractivity contribution in [2.45, 2.75) is 13.8 Å². The fraction of sp³-hybridized carbons (Fsp3) is 0.364. The number of nitrogens with one attached hydrogen (secondary N) is 1. The van der Waals surface area contributed by atoms with Gasteiger partial charge in [-0.3, -0.25) is 5.32 Å². The Hall–Kier alpha value is -2.09. The van der Waals surface area contributed by atoms with Crippen LogP contribution < -0.4 is 5.32 Å². The average molecular weight is 218 g/mol. The van der Waals surface area contributed by atoms with E-state index in [-0.39, 0.29) is 6.03 Å². The lowest BCUT2D eigenvalue weighted by Gasteiger charge is -2.18. The van der Waals surface area contributed by atoms with Crippen LogP contribution in [0.5, 0.6) is 0 Å². The average Bonchev–Trinajstić information content (AvgIpc) is 2.31. The van der Waals surface area contributed by atoms with Crippen molar-refractivity contribution in [3.63, 3.8) is 0 Å². The summed E-state index contributed by atoms with van der Waals surface area (Å²) in [6.07, 6.45) is 1.43. The highest BCUT2D eigenvalue weighted by atomic mass is 16.2. The van der Waals surface area contributed by atoms with Crippen molar-refractivity contribution in [2.75, 3.05) is 18.4 Å². The van der Waals surface area contributed by atoms with Crippen LogP contribution in [0.4, 0.5) is 10.6 Å². The highest BCUT2D eigenvalue weighted by Gasteiger charge is 2.09. The standard InChI is InChI=1S/C11H14N4O/c1-3-15(4-2)11(16)14-10-6-5-9(7-12)8-13-10/h5-6,8H,3-4H2,1-2H3,(H,13,14,16). The summed E-state index contributed by atoms with van der Waals surface area (Å²) >= 11 is 0. The van der Waals surface area contributed by atoms with Gasteiger partial charge in [0, 0.05) is 19.3 Å². The zero-order valence-corrected chi connectivity index (χ0v) is 9.40. The molecule has 1 heterocycles. The SMILES string of the molecule is CCN(CC)C(=O)Nc1ccc(C#N)cn1. The topological polar surface area (TPSA) is 69.0 Å². The van der Waals surface area contributed by atoms with Crippen molar-refractivity contribution < 1.29 is 4.79 Å². The first kappa shape index (κ1) is 12.0. The summed E-state index contributed by atoms with van der Waals surface area (Å²) in [5.41, 5.74) is 0.473. The van der Waals surface area contributed by atoms with Crippen LogP contribution in [0.2, 0.25) is 0 Å². The number of rotatable bonds is 3. The molecule has 1 rings (SSSR count). The molecule has 0 saturated carbocycles. The van der Waals surface area contributed by atoms with Crippen LogP contribution in [0.3, 0.4) is 0 Å². The number of nitriles is 1. The van der Waals surface area contributed by atoms with Gasteiger partial charge in [-0.2, -0.15) is 5.26 Å². The minimum Gasteiger partial charge on any atom is -0.325 e. The molecule has 84 valence electrons. The first-order chi connectivity index (χ1) is 7.71. The first-order valence-corrected chi connectivity index (χ1v) is 5.13. The van der Waals surface area contributed by atoms with Gasteiger partial charge in [0.05, 0.1) is 5.56 Å². The van der Waals surface area contributed by atoms with Crippen LogP contribution >= 0.6 is 0 Å². The van der Waals surface area contributed by atoms with E-state index in [4.69, 9.17) is 5.26 Å². The van der Waals surface area contributed by atoms with Gasteiger partial charge in [-0.25, -0.2) is 9.78 Å². The van der Waals surface area contributed by atoms with Crippen LogP contribution in [-0.4, -0.2) is 29.0 Å². The van der Waals surface area contributed by atoms with Crippen LogP contribution in [0.15, 0.2) is 18.3 Å². The predicted molar refractivity (Wildman–Crippen MR) is 60.9 cm³/mol. The van der Waals surface area contributed by atoms with Gasteiger partial charge in [-0.15, -0.1) is 0 Å². The van der Waals surface area contributed by atoms with E-state index in [1.54, 1.807) is 17.0 Å². The molecule has 1 N–H and O–H groups in total. The van der Waals surface area contributed by atoms with Crippen molar-refractivity contribution >= 4 is 11.8 Å². The van der Waals surface area contributed by atoms with Crippen molar-refractivity contribution in [3.8, 4) is 6.07 Å². The second kappa shape index (κ2) is 5.71. The third-order valence-corrected chi connectivity index (χ3v) is 2.18. The Morgan fingerprint density at radius 2 is 2.19 bits per heavy atom. The van der Waals surface area contributed by atoms with Crippen LogP contribution in [0.25, 0.3) is 0 Å². The summed E-state index contributed by atoms with van der Waals surface area (Å²) in [6, 6.07) is 5.02. The minimum absolute atomic E-state index is 0.179. The van der Waals surface area contributed by atoms with Gasteiger partial charge >= 0.3 is 6.03 Å². The number of pyridine rings is 1. The van der Waals surface area contributed by atoms with E-state index in [1.165, 1.54) is 6.20 Å². The van der Waals surface area contributed by atoms with Gasteiger partial charge < -0.3 is 4.90 Å². The third kappa shape index (κ3) is 2.95. The van der Waals surface area contributed by atoms with Gasteiger partial charge in [-0.05, 0) is 26.0 Å². The molecule has 0 fully saturated rings. The van der Waals surface area contributed by atoms with Gasteiger partial charge in [0.1, 0.15) is 11.9 Å². The minimum atomic E-state index is -0.179. The predicted octanol–water partition coefficient (Wildman–Crippen LogP) is 1.83. The zero-order chi connectivity index (χ0) is 12.0. The van der Waals surface area contributed by atoms with E-state index in [1.807, 2.05) is 19.9 Å². The summed E-state index contributed by atoms with van der Waals surface area (Å²) in [5.74, 6) is 0.455. The molecule has 0 radical (unpaired) electrons. The monoisotopic (exact) mass is 218 g/mol. The van der Waals surface area contributed by atoms with Gasteiger partial charge in [0.25, 0.3) is 0 Å². The second-order valence-corrected chi connectivity index (χ2v) is 3.15. The van der Waals surface area contributed by atoms with Crippen molar-refractivity contribution in [1.29, 1.82) is 5.26 Å². The number of carbonyl (C=O) groups is 1. The number of anilines is 1. The van der Waals surface area contributed by atoms with Crippen LogP contribution in [0, 0.1) is 11.3 Å². The molecule has 0 unspecified atom stereocenters. The van der Waals surface area contributed by atoms with E-state index in [0.717, 1.165) is 0 Å². The fourth-order valence-electron chi connectivity index (χ4n) is 1.23. The Bertz CT molecular complexity index is 389. The third-order valence-electron chi connectivity index (χ3n) is 2.18. The van der Waals surface area contributed by atoms with Gasteiger partial charge in [0.2, 0.25) is 0 Å². The maximum atomic E-state index is 11.6. The highest BCUT2D eigenvalue weighted by molar-refractivity contribution is 5.88. The molecule has 16 heavy (non-hydrogen) atoms. The van der Waals surface area contributed by atoms with Crippen molar-refractivity contribution in [2.24, 2.45) is 0 Å². The van der Waals surface area contributed by atoms with Gasteiger partial charge in [-0.1, -0.05) is 0 Å². The van der Waals surface area contributed by atoms with Crippen molar-refractivity contribution in [3.05, 3.63) is 23.9 Å². The largest absolute Gasteiger partial charge is 0.325 e. The number of urea groups is 1. The molecule has 0 aliphatic rings. The first-order valence-electron chi connectivity index (χ1n) is 5.13. The maximum absolute atomic E-state index is 11.6. The Labute approximate surface area is 94.7 Å². The van der Waals surface area contributed by atoms with E-state index >= 15 is 0 Å². The molecule has 0 atom stereocenters. The van der Waals surface area contributed by atoms with Crippen molar-refractivity contribution in [1.82, 2.24) is 9.88 Å². The van der Waals surface area contributed by atoms with E-state index < -0.39 is 0 Å². The second-order valence-electron chi connectivity index (χ2n) is 3.15. The normalized spacial score (nSPS) is 9.31. The molecule has 0 aliphatic carbocycles. The Morgan fingerprint density at radius 1 is 1.50 bits per heavy atom. The number of amides is 2. The Balaban J connectivity index is 2.66. The van der Waals surface area contributed by atoms with Crippen LogP contribution in [-0.2, 0) is 0 Å². The molecular formula is C11H14N4O. The molecule has 2 amide bonds. The lowest BCUT2D eigenvalue weighted by Crippen LogP contribution is -2.34. The lowest BCUT2D eigenvalue weighted by atomic mass is 10.3. The van der Waals surface area contributed by atoms with E-state index in [2.05, 4.69) is 10.3 Å². The van der Waals surface area contributed by atoms with E-state index in [9.17, 15) is 4.79 Å². The smallest absolute Gasteiger partial charge is 0.322 e. The highest BCUT2D eigenvalue weighted by Crippen LogP contribution is 2.05. The summed E-state index contributed by atoms with van der Waals surface area (Å²) in [5, 5.41) is 11.3. The zero-order valence-electron chi connectivity index (χ0n) is 9.40. The number of nitrogens with zero attached hydrogens (tertiary/aromatic N) is 3. The fourth-order valence-corrected chi connectivity index (χ4v) is 1.23. The number of carbonyl (C=O) groups excluding carboxylic acids is 1. The molecular weight excluding hydrogens is 204 g/mol. The molecule has 0 spiro atoms. The summed E-state index contributed by atoms with van der Waals surface area (Å²) in [6.45, 7) is 5.13. The molecule has 1 aromatic heterocycles. The molecule has 1 aromatic rings. The Morgan fingerprint density at radius 3 is 2.62 bits per heavy atom. The van der Waals surface area contributed by atoms with Gasteiger partial charge in [0.15, 0.2) is 0 Å². The van der Waals surface area contributed by atoms with Crippen LogP contribution in [0.1, 0.15) is 19.4 Å². The summed E-state index contributed by atoms with van der Waals surface area (Å²) < 4.78 is 0. The Kier molecular flexibility index (Phi) is 4.28. The summed E-state index contributed by atoms with van der Waals surface area (Å²) in [7, 11) is 0. The molecule has 0 aliphatic heterocycles.